The van der Waals surface area contributed by atoms with E-state index in [1.165, 1.54) is 0 Å². The molecular formula is C20H19N3O2S. The Morgan fingerprint density at radius 3 is 2.85 bits per heavy atom. The highest BCUT2D eigenvalue weighted by Crippen LogP contribution is 2.36. The van der Waals surface area contributed by atoms with E-state index in [4.69, 9.17) is 4.74 Å². The molecule has 1 aliphatic heterocycles. The van der Waals surface area contributed by atoms with E-state index in [0.717, 1.165) is 39.8 Å². The third kappa shape index (κ3) is 3.46. The standard InChI is InChI=1S/C20H19N3O2S/c1-14-6-5-9-16(10-14)25-11-19(24)21-20-17-12-26-13-18(17)22-23(20)15-7-3-2-4-8-15/h2-10H,11-13H2,1H3,(H,21,24). The normalized spacial score (nSPS) is 12.7. The molecule has 0 saturated carbocycles. The Labute approximate surface area is 156 Å². The molecule has 1 N–H and O–H groups in total. The van der Waals surface area contributed by atoms with E-state index < -0.39 is 0 Å². The Kier molecular flexibility index (Phi) is 4.67. The minimum absolute atomic E-state index is 0.0364. The van der Waals surface area contributed by atoms with Crippen LogP contribution in [-0.2, 0) is 16.3 Å². The predicted molar refractivity (Wildman–Crippen MR) is 104 cm³/mol. The number of thioether (sulfide) groups is 1. The van der Waals surface area contributed by atoms with Crippen molar-refractivity contribution in [1.29, 1.82) is 0 Å². The molecule has 0 atom stereocenters. The molecule has 0 bridgehead atoms. The minimum Gasteiger partial charge on any atom is -0.484 e. The summed E-state index contributed by atoms with van der Waals surface area (Å²) in [7, 11) is 0. The third-order valence-corrected chi connectivity index (χ3v) is 5.14. The fourth-order valence-corrected chi connectivity index (χ4v) is 3.95. The van der Waals surface area contributed by atoms with Gasteiger partial charge in [0.2, 0.25) is 0 Å². The number of benzene rings is 2. The van der Waals surface area contributed by atoms with Gasteiger partial charge >= 0.3 is 0 Å². The van der Waals surface area contributed by atoms with Crippen LogP contribution in [0.25, 0.3) is 5.69 Å². The van der Waals surface area contributed by atoms with E-state index in [1.54, 1.807) is 0 Å². The summed E-state index contributed by atoms with van der Waals surface area (Å²) in [6, 6.07) is 17.5. The van der Waals surface area contributed by atoms with Crippen molar-refractivity contribution in [2.75, 3.05) is 11.9 Å². The van der Waals surface area contributed by atoms with Gasteiger partial charge in [-0.25, -0.2) is 4.68 Å². The molecule has 6 heteroatoms. The number of rotatable bonds is 5. The van der Waals surface area contributed by atoms with Crippen molar-refractivity contribution in [3.05, 3.63) is 71.4 Å². The van der Waals surface area contributed by atoms with Crippen LogP contribution in [-0.4, -0.2) is 22.3 Å². The van der Waals surface area contributed by atoms with Crippen LogP contribution in [0.2, 0.25) is 0 Å². The summed E-state index contributed by atoms with van der Waals surface area (Å²) in [5.74, 6) is 2.98. The van der Waals surface area contributed by atoms with E-state index >= 15 is 0 Å². The zero-order valence-electron chi connectivity index (χ0n) is 14.4. The van der Waals surface area contributed by atoms with Gasteiger partial charge in [0.25, 0.3) is 5.91 Å². The second-order valence-corrected chi connectivity index (χ2v) is 7.15. The van der Waals surface area contributed by atoms with E-state index in [2.05, 4.69) is 10.4 Å². The average Bonchev–Trinajstić information content (AvgIpc) is 3.24. The maximum Gasteiger partial charge on any atom is 0.263 e. The summed E-state index contributed by atoms with van der Waals surface area (Å²) in [6.45, 7) is 1.96. The number of aromatic nitrogens is 2. The van der Waals surface area contributed by atoms with Gasteiger partial charge in [0.1, 0.15) is 11.6 Å². The molecule has 4 rings (SSSR count). The first-order valence-corrected chi connectivity index (χ1v) is 9.59. The fourth-order valence-electron chi connectivity index (χ4n) is 2.92. The van der Waals surface area contributed by atoms with Crippen LogP contribution in [0.3, 0.4) is 0 Å². The number of nitrogens with one attached hydrogen (secondary N) is 1. The number of hydrogen-bond acceptors (Lipinski definition) is 4. The quantitative estimate of drug-likeness (QED) is 0.744. The van der Waals surface area contributed by atoms with Gasteiger partial charge < -0.3 is 10.1 Å². The molecule has 0 radical (unpaired) electrons. The number of aryl methyl sites for hydroxylation is 1. The molecule has 1 aromatic heterocycles. The van der Waals surface area contributed by atoms with Crippen molar-refractivity contribution in [2.45, 2.75) is 18.4 Å². The van der Waals surface area contributed by atoms with Crippen LogP contribution in [0.1, 0.15) is 16.8 Å². The monoisotopic (exact) mass is 365 g/mol. The Morgan fingerprint density at radius 1 is 1.19 bits per heavy atom. The van der Waals surface area contributed by atoms with E-state index in [-0.39, 0.29) is 12.5 Å². The van der Waals surface area contributed by atoms with Crippen molar-refractivity contribution in [3.8, 4) is 11.4 Å². The smallest absolute Gasteiger partial charge is 0.263 e. The average molecular weight is 365 g/mol. The van der Waals surface area contributed by atoms with Crippen molar-refractivity contribution >= 4 is 23.5 Å². The predicted octanol–water partition coefficient (Wildman–Crippen LogP) is 3.95. The second-order valence-electron chi connectivity index (χ2n) is 6.17. The van der Waals surface area contributed by atoms with Crippen molar-refractivity contribution < 1.29 is 9.53 Å². The Hall–Kier alpha value is -2.73. The molecule has 0 spiro atoms. The van der Waals surface area contributed by atoms with Crippen molar-refractivity contribution in [1.82, 2.24) is 9.78 Å². The van der Waals surface area contributed by atoms with Gasteiger partial charge in [0.15, 0.2) is 6.61 Å². The van der Waals surface area contributed by atoms with Gasteiger partial charge in [-0.05, 0) is 36.8 Å². The first-order chi connectivity index (χ1) is 12.7. The van der Waals surface area contributed by atoms with Crippen LogP contribution in [0.5, 0.6) is 5.75 Å². The third-order valence-electron chi connectivity index (χ3n) is 4.17. The van der Waals surface area contributed by atoms with Crippen LogP contribution >= 0.6 is 11.8 Å². The number of carbonyl (C=O) groups is 1. The lowest BCUT2D eigenvalue weighted by molar-refractivity contribution is -0.118. The fraction of sp³-hybridized carbons (Fsp3) is 0.200. The van der Waals surface area contributed by atoms with Gasteiger partial charge in [-0.2, -0.15) is 16.9 Å². The van der Waals surface area contributed by atoms with Crippen molar-refractivity contribution in [2.24, 2.45) is 0 Å². The number of fused-ring (bicyclic) bond motifs is 1. The summed E-state index contributed by atoms with van der Waals surface area (Å²) in [4.78, 5) is 12.5. The highest BCUT2D eigenvalue weighted by Gasteiger charge is 2.24. The first kappa shape index (κ1) is 16.7. The molecular weight excluding hydrogens is 346 g/mol. The number of amides is 1. The zero-order valence-corrected chi connectivity index (χ0v) is 15.3. The SMILES string of the molecule is Cc1cccc(OCC(=O)Nc2c3c(nn2-c2ccccc2)CSC3)c1. The molecule has 132 valence electrons. The Morgan fingerprint density at radius 2 is 2.04 bits per heavy atom. The Balaban J connectivity index is 1.53. The molecule has 3 aromatic rings. The van der Waals surface area contributed by atoms with Gasteiger partial charge in [-0.1, -0.05) is 30.3 Å². The van der Waals surface area contributed by atoms with Crippen molar-refractivity contribution in [3.63, 3.8) is 0 Å². The van der Waals surface area contributed by atoms with Gasteiger partial charge in [-0.3, -0.25) is 4.79 Å². The van der Waals surface area contributed by atoms with Gasteiger partial charge in [-0.15, -0.1) is 0 Å². The molecule has 0 saturated heterocycles. The summed E-state index contributed by atoms with van der Waals surface area (Å²) in [6.07, 6.45) is 0. The Bertz CT molecular complexity index is 937. The van der Waals surface area contributed by atoms with E-state index in [1.807, 2.05) is 78.0 Å². The minimum atomic E-state index is -0.191. The van der Waals surface area contributed by atoms with Crippen LogP contribution < -0.4 is 10.1 Å². The maximum absolute atomic E-state index is 12.5. The molecule has 0 unspecified atom stereocenters. The molecule has 26 heavy (non-hydrogen) atoms. The molecule has 0 fully saturated rings. The highest BCUT2D eigenvalue weighted by atomic mass is 32.2. The first-order valence-electron chi connectivity index (χ1n) is 8.44. The summed E-state index contributed by atoms with van der Waals surface area (Å²) < 4.78 is 7.43. The molecule has 1 amide bonds. The molecule has 2 aromatic carbocycles. The molecule has 2 heterocycles. The molecule has 5 nitrogen and oxygen atoms in total. The molecule has 0 aliphatic carbocycles. The summed E-state index contributed by atoms with van der Waals surface area (Å²) >= 11 is 1.81. The number of para-hydroxylation sites is 1. The maximum atomic E-state index is 12.5. The van der Waals surface area contributed by atoms with Crippen LogP contribution in [0.15, 0.2) is 54.6 Å². The van der Waals surface area contributed by atoms with E-state index in [9.17, 15) is 4.79 Å². The summed E-state index contributed by atoms with van der Waals surface area (Å²) in [5.41, 5.74) is 4.17. The number of hydrogen-bond donors (Lipinski definition) is 1. The largest absolute Gasteiger partial charge is 0.484 e. The second kappa shape index (κ2) is 7.25. The van der Waals surface area contributed by atoms with Crippen LogP contribution in [0, 0.1) is 6.92 Å². The lowest BCUT2D eigenvalue weighted by Gasteiger charge is -2.12. The lowest BCUT2D eigenvalue weighted by Crippen LogP contribution is -2.22. The van der Waals surface area contributed by atoms with E-state index in [0.29, 0.717) is 5.75 Å². The number of nitrogens with zero attached hydrogens (tertiary/aromatic N) is 2. The number of carbonyl (C=O) groups excluding carboxylic acids is 1. The number of anilines is 1. The number of ether oxygens (including phenoxy) is 1. The van der Waals surface area contributed by atoms with Gasteiger partial charge in [0.05, 0.1) is 11.4 Å². The summed E-state index contributed by atoms with van der Waals surface area (Å²) in [5, 5.41) is 7.68. The topological polar surface area (TPSA) is 56.1 Å². The molecule has 1 aliphatic rings. The highest BCUT2D eigenvalue weighted by molar-refractivity contribution is 7.98. The lowest BCUT2D eigenvalue weighted by atomic mass is 10.2. The van der Waals surface area contributed by atoms with Gasteiger partial charge in [0, 0.05) is 17.1 Å². The zero-order chi connectivity index (χ0) is 17.9. The van der Waals surface area contributed by atoms with Crippen LogP contribution in [0.4, 0.5) is 5.82 Å².